The van der Waals surface area contributed by atoms with E-state index in [9.17, 15) is 8.78 Å². The number of nitrogens with two attached hydrogens (primary N) is 1. The zero-order chi connectivity index (χ0) is 26.8. The van der Waals surface area contributed by atoms with E-state index in [1.807, 2.05) is 19.9 Å². The predicted molar refractivity (Wildman–Crippen MR) is 147 cm³/mol. The molecule has 0 unspecified atom stereocenters. The molecular formula is C29H38F2N6. The van der Waals surface area contributed by atoms with Crippen molar-refractivity contribution in [3.63, 3.8) is 0 Å². The van der Waals surface area contributed by atoms with Gasteiger partial charge < -0.3 is 16.0 Å². The second-order valence-corrected chi connectivity index (χ2v) is 9.11. The van der Waals surface area contributed by atoms with Gasteiger partial charge in [-0.15, -0.1) is 5.10 Å². The number of nitrogens with one attached hydrogen (secondary N) is 1. The zero-order valence-corrected chi connectivity index (χ0v) is 22.1. The Morgan fingerprint density at radius 2 is 1.65 bits per heavy atom. The summed E-state index contributed by atoms with van der Waals surface area (Å²) >= 11 is 0. The largest absolute Gasteiger partial charge is 0.372 e. The van der Waals surface area contributed by atoms with Gasteiger partial charge in [-0.2, -0.15) is 5.26 Å². The first-order valence-corrected chi connectivity index (χ1v) is 13.3. The number of halogens is 2. The van der Waals surface area contributed by atoms with E-state index in [0.29, 0.717) is 23.1 Å². The van der Waals surface area contributed by atoms with Crippen molar-refractivity contribution >= 4 is 11.5 Å². The molecule has 0 bridgehead atoms. The fourth-order valence-corrected chi connectivity index (χ4v) is 4.63. The minimum absolute atomic E-state index is 0.0372. The van der Waals surface area contributed by atoms with Crippen LogP contribution in [0.4, 0.5) is 20.3 Å². The lowest BCUT2D eigenvalue weighted by Gasteiger charge is -2.18. The van der Waals surface area contributed by atoms with Crippen molar-refractivity contribution in [2.24, 2.45) is 5.73 Å². The minimum Gasteiger partial charge on any atom is -0.372 e. The van der Waals surface area contributed by atoms with Crippen LogP contribution >= 0.6 is 0 Å². The highest BCUT2D eigenvalue weighted by Crippen LogP contribution is 2.30. The molecule has 6 nitrogen and oxygen atoms in total. The Morgan fingerprint density at radius 1 is 0.946 bits per heavy atom. The zero-order valence-electron chi connectivity index (χ0n) is 22.1. The first kappa shape index (κ1) is 28.1. The van der Waals surface area contributed by atoms with Crippen LogP contribution in [-0.2, 0) is 0 Å². The number of benzene rings is 2. The van der Waals surface area contributed by atoms with Crippen LogP contribution in [0.5, 0.6) is 0 Å². The third kappa shape index (κ3) is 7.07. The maximum absolute atomic E-state index is 15.0. The van der Waals surface area contributed by atoms with Crippen molar-refractivity contribution < 1.29 is 8.78 Å². The summed E-state index contributed by atoms with van der Waals surface area (Å²) in [7, 11) is 1.71. The Labute approximate surface area is 219 Å². The van der Waals surface area contributed by atoms with E-state index in [-0.39, 0.29) is 11.3 Å². The van der Waals surface area contributed by atoms with E-state index in [1.165, 1.54) is 55.0 Å². The molecule has 2 aliphatic rings. The van der Waals surface area contributed by atoms with Crippen molar-refractivity contribution in [3.8, 4) is 23.0 Å². The highest BCUT2D eigenvalue weighted by atomic mass is 19.1. The molecular weight excluding hydrogens is 470 g/mol. The fraction of sp³-hybridized carbons (Fsp3) is 0.448. The minimum atomic E-state index is -0.622. The van der Waals surface area contributed by atoms with Crippen LogP contribution in [-0.4, -0.2) is 36.0 Å². The molecule has 198 valence electrons. The first-order chi connectivity index (χ1) is 18.0. The van der Waals surface area contributed by atoms with Gasteiger partial charge in [-0.05, 0) is 56.0 Å². The summed E-state index contributed by atoms with van der Waals surface area (Å²) < 4.78 is 30.5. The smallest absolute Gasteiger partial charge is 0.150 e. The number of hydrogen-bond donors (Lipinski definition) is 2. The monoisotopic (exact) mass is 508 g/mol. The summed E-state index contributed by atoms with van der Waals surface area (Å²) in [5, 5.41) is 16.3. The Bertz CT molecular complexity index is 1190. The lowest BCUT2D eigenvalue weighted by molar-refractivity contribution is 0.441. The third-order valence-electron chi connectivity index (χ3n) is 6.63. The molecule has 0 radical (unpaired) electrons. The number of anilines is 2. The molecule has 3 N–H and O–H groups in total. The summed E-state index contributed by atoms with van der Waals surface area (Å²) in [6.45, 7) is 5.86. The van der Waals surface area contributed by atoms with Gasteiger partial charge in [0.15, 0.2) is 5.82 Å². The maximum atomic E-state index is 15.0. The highest BCUT2D eigenvalue weighted by Gasteiger charge is 2.18. The molecule has 2 heterocycles. The topological polar surface area (TPSA) is 82.9 Å². The lowest BCUT2D eigenvalue weighted by Crippen LogP contribution is -2.22. The van der Waals surface area contributed by atoms with E-state index < -0.39 is 11.6 Å². The molecule has 0 atom stereocenters. The Hall–Kier alpha value is -3.44. The third-order valence-corrected chi connectivity index (χ3v) is 6.63. The summed E-state index contributed by atoms with van der Waals surface area (Å²) in [4.78, 5) is 2.16. The molecule has 1 aromatic heterocycles. The molecule has 2 aromatic carbocycles. The van der Waals surface area contributed by atoms with Crippen LogP contribution < -0.4 is 16.0 Å². The molecule has 2 fully saturated rings. The molecule has 1 aliphatic carbocycles. The molecule has 3 aromatic rings. The van der Waals surface area contributed by atoms with Crippen molar-refractivity contribution in [1.29, 1.82) is 5.26 Å². The van der Waals surface area contributed by atoms with Crippen molar-refractivity contribution in [1.82, 2.24) is 9.78 Å². The Morgan fingerprint density at radius 3 is 2.19 bits per heavy atom. The van der Waals surface area contributed by atoms with E-state index >= 15 is 0 Å². The molecule has 1 saturated heterocycles. The summed E-state index contributed by atoms with van der Waals surface area (Å²) in [5.41, 5.74) is 7.77. The molecule has 37 heavy (non-hydrogen) atoms. The van der Waals surface area contributed by atoms with Crippen LogP contribution in [0, 0.1) is 23.0 Å². The average molecular weight is 509 g/mol. The SMILES string of the molecule is CC.CNc1cc(-c2ccc(C#N)c(F)c2)n(-c2ccc(N3CCCC3)cc2F)n1.NC1CCCCC1. The number of aromatic nitrogens is 2. The molecule has 1 aliphatic heterocycles. The van der Waals surface area contributed by atoms with Gasteiger partial charge in [0.05, 0.1) is 11.3 Å². The van der Waals surface area contributed by atoms with Gasteiger partial charge in [-0.25, -0.2) is 13.5 Å². The summed E-state index contributed by atoms with van der Waals surface area (Å²) in [5.74, 6) is -0.489. The number of rotatable bonds is 4. The van der Waals surface area contributed by atoms with E-state index in [2.05, 4.69) is 15.3 Å². The van der Waals surface area contributed by atoms with Gasteiger partial charge in [0.25, 0.3) is 0 Å². The normalized spacial score (nSPS) is 15.2. The van der Waals surface area contributed by atoms with E-state index in [4.69, 9.17) is 11.0 Å². The standard InChI is InChI=1S/C21H19F2N5.C6H13N.C2H6/c1-25-21-12-20(14-4-5-15(13-24)17(22)10-14)28(26-21)19-7-6-16(11-18(19)23)27-8-2-3-9-27;7-6-4-2-1-3-5-6;1-2/h4-7,10-12H,2-3,8-9H2,1H3,(H,25,26);6H,1-5,7H2;1-2H3. The second-order valence-electron chi connectivity index (χ2n) is 9.11. The number of hydrogen-bond acceptors (Lipinski definition) is 5. The highest BCUT2D eigenvalue weighted by molar-refractivity contribution is 5.67. The van der Waals surface area contributed by atoms with Crippen LogP contribution in [0.2, 0.25) is 0 Å². The van der Waals surface area contributed by atoms with Crippen molar-refractivity contribution in [2.45, 2.75) is 64.8 Å². The fourth-order valence-electron chi connectivity index (χ4n) is 4.63. The average Bonchev–Trinajstić information content (AvgIpc) is 3.61. The van der Waals surface area contributed by atoms with Gasteiger partial charge in [-0.3, -0.25) is 0 Å². The quantitative estimate of drug-likeness (QED) is 0.413. The van der Waals surface area contributed by atoms with E-state index in [0.717, 1.165) is 31.6 Å². The van der Waals surface area contributed by atoms with Crippen LogP contribution in [0.3, 0.4) is 0 Å². The first-order valence-electron chi connectivity index (χ1n) is 13.3. The number of nitrogens with zero attached hydrogens (tertiary/aromatic N) is 4. The summed E-state index contributed by atoms with van der Waals surface area (Å²) in [6.07, 6.45) is 8.89. The van der Waals surface area contributed by atoms with Crippen molar-refractivity contribution in [3.05, 3.63) is 59.7 Å². The maximum Gasteiger partial charge on any atom is 0.150 e. The Balaban J connectivity index is 0.000000361. The second kappa shape index (κ2) is 13.8. The van der Waals surface area contributed by atoms with Crippen LogP contribution in [0.1, 0.15) is 64.4 Å². The molecule has 0 spiro atoms. The molecule has 1 saturated carbocycles. The van der Waals surface area contributed by atoms with Gasteiger partial charge in [0, 0.05) is 43.5 Å². The van der Waals surface area contributed by atoms with Gasteiger partial charge in [0.1, 0.15) is 23.4 Å². The lowest BCUT2D eigenvalue weighted by atomic mass is 9.97. The molecule has 8 heteroatoms. The van der Waals surface area contributed by atoms with Gasteiger partial charge in [0.2, 0.25) is 0 Å². The van der Waals surface area contributed by atoms with E-state index in [1.54, 1.807) is 31.3 Å². The van der Waals surface area contributed by atoms with Crippen LogP contribution in [0.15, 0.2) is 42.5 Å². The van der Waals surface area contributed by atoms with Gasteiger partial charge in [-0.1, -0.05) is 39.2 Å². The van der Waals surface area contributed by atoms with Crippen molar-refractivity contribution in [2.75, 3.05) is 30.4 Å². The number of nitriles is 1. The van der Waals surface area contributed by atoms with Crippen LogP contribution in [0.25, 0.3) is 16.9 Å². The van der Waals surface area contributed by atoms with Gasteiger partial charge >= 0.3 is 0 Å². The Kier molecular flexibility index (Phi) is 10.5. The summed E-state index contributed by atoms with van der Waals surface area (Å²) in [6, 6.07) is 13.5. The molecule has 0 amide bonds. The predicted octanol–water partition coefficient (Wildman–Crippen LogP) is 6.64. The molecule has 5 rings (SSSR count).